The van der Waals surface area contributed by atoms with Crippen molar-refractivity contribution in [2.24, 2.45) is 0 Å². The minimum absolute atomic E-state index is 0.0451. The van der Waals surface area contributed by atoms with Crippen LogP contribution in [0.15, 0.2) is 48.8 Å². The minimum atomic E-state index is -5.20. The first-order valence-electron chi connectivity index (χ1n) is 9.50. The third-order valence-corrected chi connectivity index (χ3v) is 5.30. The molecule has 162 valence electrons. The van der Waals surface area contributed by atoms with Crippen LogP contribution in [0.4, 0.5) is 23.2 Å². The maximum absolute atomic E-state index is 13.7. The van der Waals surface area contributed by atoms with Gasteiger partial charge in [-0.2, -0.15) is 13.2 Å². The van der Waals surface area contributed by atoms with Crippen molar-refractivity contribution in [1.29, 1.82) is 0 Å². The molecule has 1 fully saturated rings. The summed E-state index contributed by atoms with van der Waals surface area (Å²) in [6.07, 6.45) is -1.30. The van der Waals surface area contributed by atoms with E-state index in [0.29, 0.717) is 25.5 Å². The molecular weight excluding hydrogens is 418 g/mol. The van der Waals surface area contributed by atoms with Gasteiger partial charge in [0.05, 0.1) is 4.92 Å². The van der Waals surface area contributed by atoms with Gasteiger partial charge in [0.25, 0.3) is 0 Å². The lowest BCUT2D eigenvalue weighted by Crippen LogP contribution is -2.46. The van der Waals surface area contributed by atoms with E-state index >= 15 is 0 Å². The van der Waals surface area contributed by atoms with E-state index in [9.17, 15) is 27.7 Å². The first kappa shape index (κ1) is 21.0. The van der Waals surface area contributed by atoms with Gasteiger partial charge in [-0.3, -0.25) is 15.1 Å². The molecule has 0 radical (unpaired) electrons. The van der Waals surface area contributed by atoms with Crippen LogP contribution in [0, 0.1) is 15.9 Å². The molecule has 0 saturated heterocycles. The van der Waals surface area contributed by atoms with Crippen LogP contribution in [0.2, 0.25) is 0 Å². The van der Waals surface area contributed by atoms with Crippen LogP contribution in [-0.2, 0) is 12.7 Å². The number of aromatic nitrogens is 1. The molecule has 0 atom stereocenters. The zero-order valence-corrected chi connectivity index (χ0v) is 16.0. The highest BCUT2D eigenvalue weighted by molar-refractivity contribution is 5.84. The number of pyridine rings is 1. The predicted molar refractivity (Wildman–Crippen MR) is 104 cm³/mol. The maximum atomic E-state index is 13.7. The molecule has 0 spiro atoms. The lowest BCUT2D eigenvalue weighted by atomic mass is 9.89. The number of nitro groups is 1. The molecule has 1 heterocycles. The number of hydrogen-bond acceptors (Lipinski definition) is 5. The molecule has 1 saturated carbocycles. The SMILES string of the molecule is O=[N+]([O-])c1c(OC2CC(NCc3cccc4cnccc34)C2)ccc(F)c1C(F)(F)F. The monoisotopic (exact) mass is 435 g/mol. The molecule has 1 aliphatic carbocycles. The van der Waals surface area contributed by atoms with Crippen molar-refractivity contribution in [3.63, 3.8) is 0 Å². The second-order valence-corrected chi connectivity index (χ2v) is 7.33. The van der Waals surface area contributed by atoms with Crippen molar-refractivity contribution in [2.45, 2.75) is 37.7 Å². The summed E-state index contributed by atoms with van der Waals surface area (Å²) < 4.78 is 58.4. The Morgan fingerprint density at radius 3 is 2.68 bits per heavy atom. The van der Waals surface area contributed by atoms with Crippen LogP contribution >= 0.6 is 0 Å². The zero-order chi connectivity index (χ0) is 22.2. The quantitative estimate of drug-likeness (QED) is 0.335. The van der Waals surface area contributed by atoms with Crippen molar-refractivity contribution in [1.82, 2.24) is 10.3 Å². The standard InChI is InChI=1S/C21H17F4N3O3/c22-17-4-5-18(20(28(29)30)19(17)21(23,24)25)31-15-8-14(9-15)27-11-13-3-1-2-12-10-26-7-6-16(12)13/h1-7,10,14-15,27H,8-9,11H2. The average molecular weight is 435 g/mol. The Morgan fingerprint density at radius 1 is 1.19 bits per heavy atom. The molecule has 1 aliphatic rings. The Hall–Kier alpha value is -3.27. The van der Waals surface area contributed by atoms with E-state index in [2.05, 4.69) is 10.3 Å². The number of hydrogen-bond donors (Lipinski definition) is 1. The van der Waals surface area contributed by atoms with Gasteiger partial charge in [-0.05, 0) is 42.0 Å². The van der Waals surface area contributed by atoms with Crippen molar-refractivity contribution in [3.8, 4) is 5.75 Å². The van der Waals surface area contributed by atoms with Crippen LogP contribution in [-0.4, -0.2) is 22.1 Å². The fourth-order valence-corrected chi connectivity index (χ4v) is 3.70. The fraction of sp³-hybridized carbons (Fsp3) is 0.286. The first-order chi connectivity index (χ1) is 14.7. The van der Waals surface area contributed by atoms with Crippen molar-refractivity contribution >= 4 is 16.5 Å². The van der Waals surface area contributed by atoms with Crippen LogP contribution in [0.5, 0.6) is 5.75 Å². The molecule has 0 aliphatic heterocycles. The summed E-state index contributed by atoms with van der Waals surface area (Å²) in [5.74, 6) is -2.28. The highest BCUT2D eigenvalue weighted by Crippen LogP contribution is 2.44. The highest BCUT2D eigenvalue weighted by atomic mass is 19.4. The highest BCUT2D eigenvalue weighted by Gasteiger charge is 2.44. The molecule has 0 amide bonds. The molecule has 4 rings (SSSR count). The molecular formula is C21H17F4N3O3. The average Bonchev–Trinajstić information content (AvgIpc) is 2.69. The van der Waals surface area contributed by atoms with Gasteiger partial charge in [0.2, 0.25) is 0 Å². The van der Waals surface area contributed by atoms with Gasteiger partial charge < -0.3 is 10.1 Å². The first-order valence-corrected chi connectivity index (χ1v) is 9.50. The smallest absolute Gasteiger partial charge is 0.426 e. The summed E-state index contributed by atoms with van der Waals surface area (Å²) in [5.41, 5.74) is -2.24. The molecule has 1 aromatic heterocycles. The molecule has 2 aromatic carbocycles. The van der Waals surface area contributed by atoms with Crippen molar-refractivity contribution < 1.29 is 27.2 Å². The number of alkyl halides is 3. The number of fused-ring (bicyclic) bond motifs is 1. The summed E-state index contributed by atoms with van der Waals surface area (Å²) in [6, 6.07) is 9.25. The van der Waals surface area contributed by atoms with Gasteiger partial charge in [-0.15, -0.1) is 0 Å². The third kappa shape index (κ3) is 4.29. The second-order valence-electron chi connectivity index (χ2n) is 7.33. The second kappa shape index (κ2) is 8.10. The van der Waals surface area contributed by atoms with E-state index in [1.54, 1.807) is 12.4 Å². The number of benzene rings is 2. The molecule has 1 N–H and O–H groups in total. The molecule has 0 bridgehead atoms. The number of rotatable bonds is 6. The van der Waals surface area contributed by atoms with E-state index in [1.807, 2.05) is 24.3 Å². The van der Waals surface area contributed by atoms with Crippen LogP contribution in [0.3, 0.4) is 0 Å². The molecule has 3 aromatic rings. The zero-order valence-electron chi connectivity index (χ0n) is 16.0. The van der Waals surface area contributed by atoms with Crippen LogP contribution in [0.25, 0.3) is 10.8 Å². The van der Waals surface area contributed by atoms with Gasteiger partial charge in [0.1, 0.15) is 11.9 Å². The summed E-state index contributed by atoms with van der Waals surface area (Å²) in [5, 5.41) is 16.6. The van der Waals surface area contributed by atoms with Gasteiger partial charge in [-0.1, -0.05) is 18.2 Å². The molecule has 0 unspecified atom stereocenters. The third-order valence-electron chi connectivity index (χ3n) is 5.30. The molecule has 31 heavy (non-hydrogen) atoms. The van der Waals surface area contributed by atoms with E-state index in [4.69, 9.17) is 4.74 Å². The van der Waals surface area contributed by atoms with Crippen LogP contribution in [0.1, 0.15) is 24.0 Å². The Labute approximate surface area is 174 Å². The van der Waals surface area contributed by atoms with Gasteiger partial charge in [0, 0.05) is 30.4 Å². The van der Waals surface area contributed by atoms with E-state index in [-0.39, 0.29) is 6.04 Å². The predicted octanol–water partition coefficient (Wildman–Crippen LogP) is 5.00. The van der Waals surface area contributed by atoms with Gasteiger partial charge >= 0.3 is 11.9 Å². The lowest BCUT2D eigenvalue weighted by molar-refractivity contribution is -0.389. The Morgan fingerprint density at radius 2 is 1.97 bits per heavy atom. The lowest BCUT2D eigenvalue weighted by Gasteiger charge is -2.36. The van der Waals surface area contributed by atoms with Crippen molar-refractivity contribution in [2.75, 3.05) is 0 Å². The van der Waals surface area contributed by atoms with Gasteiger partial charge in [-0.25, -0.2) is 4.39 Å². The number of nitrogens with zero attached hydrogens (tertiary/aromatic N) is 2. The van der Waals surface area contributed by atoms with Crippen LogP contribution < -0.4 is 10.1 Å². The minimum Gasteiger partial charge on any atom is -0.483 e. The molecule has 6 nitrogen and oxygen atoms in total. The normalized spacial score (nSPS) is 18.6. The van der Waals surface area contributed by atoms with Gasteiger partial charge in [0.15, 0.2) is 11.3 Å². The number of halogens is 4. The fourth-order valence-electron chi connectivity index (χ4n) is 3.70. The maximum Gasteiger partial charge on any atom is 0.426 e. The summed E-state index contributed by atoms with van der Waals surface area (Å²) in [4.78, 5) is 14.0. The number of nitro benzene ring substituents is 1. The van der Waals surface area contributed by atoms with Crippen molar-refractivity contribution in [3.05, 3.63) is 75.9 Å². The van der Waals surface area contributed by atoms with E-state index < -0.39 is 40.0 Å². The Kier molecular flexibility index (Phi) is 5.48. The summed E-state index contributed by atoms with van der Waals surface area (Å²) in [7, 11) is 0. The largest absolute Gasteiger partial charge is 0.483 e. The Bertz CT molecular complexity index is 1130. The molecule has 10 heteroatoms. The number of nitrogens with one attached hydrogen (secondary N) is 1. The Balaban J connectivity index is 1.41. The van der Waals surface area contributed by atoms with E-state index in [0.717, 1.165) is 22.4 Å². The number of ether oxygens (including phenoxy) is 1. The summed E-state index contributed by atoms with van der Waals surface area (Å²) >= 11 is 0. The topological polar surface area (TPSA) is 77.3 Å². The summed E-state index contributed by atoms with van der Waals surface area (Å²) in [6.45, 7) is 0.577. The van der Waals surface area contributed by atoms with E-state index in [1.165, 1.54) is 0 Å².